The van der Waals surface area contributed by atoms with Crippen molar-refractivity contribution in [3.8, 4) is 0 Å². The zero-order valence-corrected chi connectivity index (χ0v) is 10.0. The Balaban J connectivity index is 2.26. The number of β-amino-alcohol motifs (C(OH)–C–C–N with tert-alkyl or cyclic N) is 1. The number of nitrogen functional groups attached to an aromatic ring is 1. The summed E-state index contributed by atoms with van der Waals surface area (Å²) in [5.41, 5.74) is 8.48. The van der Waals surface area contributed by atoms with E-state index in [1.165, 1.54) is 11.3 Å². The monoisotopic (exact) mass is 220 g/mol. The van der Waals surface area contributed by atoms with E-state index < -0.39 is 5.60 Å². The second-order valence-corrected chi connectivity index (χ2v) is 5.23. The molecule has 0 saturated carbocycles. The molecule has 0 amide bonds. The van der Waals surface area contributed by atoms with E-state index in [1.807, 2.05) is 26.0 Å². The molecule has 0 radical (unpaired) electrons. The molecule has 0 saturated heterocycles. The van der Waals surface area contributed by atoms with Crippen molar-refractivity contribution in [2.45, 2.75) is 32.3 Å². The van der Waals surface area contributed by atoms with E-state index in [0.717, 1.165) is 25.1 Å². The van der Waals surface area contributed by atoms with Gasteiger partial charge >= 0.3 is 0 Å². The number of rotatable bonds is 2. The van der Waals surface area contributed by atoms with E-state index in [4.69, 9.17) is 5.73 Å². The third-order valence-electron chi connectivity index (χ3n) is 2.90. The molecule has 88 valence electrons. The molecular formula is C13H20N2O. The minimum absolute atomic E-state index is 0.657. The summed E-state index contributed by atoms with van der Waals surface area (Å²) < 4.78 is 0. The summed E-state index contributed by atoms with van der Waals surface area (Å²) in [7, 11) is 0. The number of benzene rings is 1. The first kappa shape index (κ1) is 11.3. The zero-order valence-electron chi connectivity index (χ0n) is 10.0. The van der Waals surface area contributed by atoms with E-state index in [1.54, 1.807) is 0 Å². The van der Waals surface area contributed by atoms with Gasteiger partial charge in [0.1, 0.15) is 0 Å². The van der Waals surface area contributed by atoms with Crippen molar-refractivity contribution < 1.29 is 5.11 Å². The largest absolute Gasteiger partial charge is 0.399 e. The molecule has 0 fully saturated rings. The highest BCUT2D eigenvalue weighted by atomic mass is 16.3. The molecule has 1 aliphatic heterocycles. The average Bonchev–Trinajstić information content (AvgIpc) is 2.15. The highest BCUT2D eigenvalue weighted by Gasteiger charge is 2.22. The summed E-state index contributed by atoms with van der Waals surface area (Å²) in [4.78, 5) is 2.25. The molecule has 1 aromatic carbocycles. The van der Waals surface area contributed by atoms with Crippen LogP contribution in [-0.4, -0.2) is 23.8 Å². The minimum atomic E-state index is -0.657. The van der Waals surface area contributed by atoms with E-state index >= 15 is 0 Å². The van der Waals surface area contributed by atoms with Gasteiger partial charge in [0.2, 0.25) is 0 Å². The van der Waals surface area contributed by atoms with Gasteiger partial charge in [-0.1, -0.05) is 0 Å². The molecule has 3 heteroatoms. The van der Waals surface area contributed by atoms with Gasteiger partial charge in [0.15, 0.2) is 0 Å². The minimum Gasteiger partial charge on any atom is -0.399 e. The highest BCUT2D eigenvalue weighted by molar-refractivity contribution is 5.61. The first-order valence-electron chi connectivity index (χ1n) is 5.81. The normalized spacial score (nSPS) is 16.1. The molecule has 0 aromatic heterocycles. The zero-order chi connectivity index (χ0) is 11.8. The molecule has 3 nitrogen and oxygen atoms in total. The van der Waals surface area contributed by atoms with Crippen molar-refractivity contribution in [3.63, 3.8) is 0 Å². The second kappa shape index (κ2) is 3.98. The lowest BCUT2D eigenvalue weighted by Crippen LogP contribution is -2.41. The van der Waals surface area contributed by atoms with Gasteiger partial charge in [0.25, 0.3) is 0 Å². The highest BCUT2D eigenvalue weighted by Crippen LogP contribution is 2.29. The average molecular weight is 220 g/mol. The van der Waals surface area contributed by atoms with Crippen LogP contribution in [0.3, 0.4) is 0 Å². The van der Waals surface area contributed by atoms with Crippen LogP contribution in [0.5, 0.6) is 0 Å². The van der Waals surface area contributed by atoms with Gasteiger partial charge in [0, 0.05) is 24.5 Å². The lowest BCUT2D eigenvalue weighted by Gasteiger charge is -2.35. The Hall–Kier alpha value is -1.22. The van der Waals surface area contributed by atoms with Crippen LogP contribution in [0.2, 0.25) is 0 Å². The van der Waals surface area contributed by atoms with Crippen LogP contribution in [0, 0.1) is 0 Å². The molecule has 2 rings (SSSR count). The Bertz CT molecular complexity index is 382. The third-order valence-corrected chi connectivity index (χ3v) is 2.90. The number of aryl methyl sites for hydroxylation is 1. The summed E-state index contributed by atoms with van der Waals surface area (Å²) in [6.07, 6.45) is 2.22. The van der Waals surface area contributed by atoms with Gasteiger partial charge in [-0.2, -0.15) is 0 Å². The Morgan fingerprint density at radius 2 is 2.19 bits per heavy atom. The van der Waals surface area contributed by atoms with Crippen LogP contribution < -0.4 is 10.6 Å². The fourth-order valence-corrected chi connectivity index (χ4v) is 2.33. The van der Waals surface area contributed by atoms with Gasteiger partial charge in [0.05, 0.1) is 5.60 Å². The molecule has 1 heterocycles. The summed E-state index contributed by atoms with van der Waals surface area (Å²) in [6, 6.07) is 6.04. The van der Waals surface area contributed by atoms with Crippen molar-refractivity contribution in [1.82, 2.24) is 0 Å². The quantitative estimate of drug-likeness (QED) is 0.747. The van der Waals surface area contributed by atoms with Crippen molar-refractivity contribution in [2.75, 3.05) is 23.7 Å². The van der Waals surface area contributed by atoms with E-state index in [0.29, 0.717) is 6.54 Å². The van der Waals surface area contributed by atoms with Crippen LogP contribution in [0.25, 0.3) is 0 Å². The fraction of sp³-hybridized carbons (Fsp3) is 0.538. The van der Waals surface area contributed by atoms with Crippen molar-refractivity contribution in [3.05, 3.63) is 23.8 Å². The number of hydrogen-bond acceptors (Lipinski definition) is 3. The van der Waals surface area contributed by atoms with Crippen molar-refractivity contribution in [2.24, 2.45) is 0 Å². The van der Waals surface area contributed by atoms with Crippen molar-refractivity contribution in [1.29, 1.82) is 0 Å². The number of nitrogens with zero attached hydrogens (tertiary/aromatic N) is 1. The van der Waals surface area contributed by atoms with E-state index in [2.05, 4.69) is 11.0 Å². The van der Waals surface area contributed by atoms with E-state index in [-0.39, 0.29) is 0 Å². The van der Waals surface area contributed by atoms with Crippen LogP contribution in [0.1, 0.15) is 25.8 Å². The Kier molecular flexibility index (Phi) is 2.80. The SMILES string of the molecule is CC(C)(O)CN1CCCc2cc(N)ccc21. The third kappa shape index (κ3) is 2.47. The lowest BCUT2D eigenvalue weighted by atomic mass is 9.99. The first-order valence-corrected chi connectivity index (χ1v) is 5.81. The molecule has 0 spiro atoms. The van der Waals surface area contributed by atoms with E-state index in [9.17, 15) is 5.11 Å². The second-order valence-electron chi connectivity index (χ2n) is 5.23. The number of anilines is 2. The van der Waals surface area contributed by atoms with Gasteiger partial charge in [-0.3, -0.25) is 0 Å². The molecule has 1 aliphatic rings. The van der Waals surface area contributed by atoms with Crippen LogP contribution in [-0.2, 0) is 6.42 Å². The Morgan fingerprint density at radius 3 is 2.88 bits per heavy atom. The maximum Gasteiger partial charge on any atom is 0.0765 e. The summed E-state index contributed by atoms with van der Waals surface area (Å²) >= 11 is 0. The molecule has 1 aromatic rings. The molecule has 0 aliphatic carbocycles. The van der Waals surface area contributed by atoms with Crippen molar-refractivity contribution >= 4 is 11.4 Å². The van der Waals surface area contributed by atoms with Crippen LogP contribution in [0.4, 0.5) is 11.4 Å². The molecule has 0 atom stereocenters. The van der Waals surface area contributed by atoms with Gasteiger partial charge in [-0.25, -0.2) is 0 Å². The van der Waals surface area contributed by atoms with Gasteiger partial charge < -0.3 is 15.7 Å². The first-order chi connectivity index (χ1) is 7.46. The Labute approximate surface area is 96.9 Å². The van der Waals surface area contributed by atoms with Gasteiger partial charge in [-0.05, 0) is 50.5 Å². The fourth-order valence-electron chi connectivity index (χ4n) is 2.33. The van der Waals surface area contributed by atoms with Gasteiger partial charge in [-0.15, -0.1) is 0 Å². The molecule has 0 bridgehead atoms. The maximum absolute atomic E-state index is 9.88. The van der Waals surface area contributed by atoms with Crippen LogP contribution >= 0.6 is 0 Å². The smallest absolute Gasteiger partial charge is 0.0765 e. The molecule has 16 heavy (non-hydrogen) atoms. The number of hydrogen-bond donors (Lipinski definition) is 2. The summed E-state index contributed by atoms with van der Waals surface area (Å²) in [6.45, 7) is 5.38. The number of aliphatic hydroxyl groups is 1. The number of fused-ring (bicyclic) bond motifs is 1. The summed E-state index contributed by atoms with van der Waals surface area (Å²) in [5.74, 6) is 0. The topological polar surface area (TPSA) is 49.5 Å². The summed E-state index contributed by atoms with van der Waals surface area (Å²) in [5, 5.41) is 9.88. The molecule has 3 N–H and O–H groups in total. The maximum atomic E-state index is 9.88. The predicted molar refractivity (Wildman–Crippen MR) is 67.7 cm³/mol. The standard InChI is InChI=1S/C13H20N2O/c1-13(2,16)9-15-7-3-4-10-8-11(14)5-6-12(10)15/h5-6,8,16H,3-4,7,9,14H2,1-2H3. The predicted octanol–water partition coefficient (Wildman–Crippen LogP) is 1.79. The molecule has 0 unspecified atom stereocenters. The van der Waals surface area contributed by atoms with Crippen LogP contribution in [0.15, 0.2) is 18.2 Å². The Morgan fingerprint density at radius 1 is 1.44 bits per heavy atom. The molecular weight excluding hydrogens is 200 g/mol. The lowest BCUT2D eigenvalue weighted by molar-refractivity contribution is 0.0870. The number of nitrogens with two attached hydrogens (primary N) is 1.